The zero-order valence-electron chi connectivity index (χ0n) is 9.97. The van der Waals surface area contributed by atoms with Crippen molar-refractivity contribution in [3.63, 3.8) is 0 Å². The second kappa shape index (κ2) is 5.19. The van der Waals surface area contributed by atoms with Gasteiger partial charge in [-0.15, -0.1) is 0 Å². The lowest BCUT2D eigenvalue weighted by Gasteiger charge is -2.41. The van der Waals surface area contributed by atoms with Gasteiger partial charge < -0.3 is 15.3 Å². The highest BCUT2D eigenvalue weighted by Crippen LogP contribution is 2.21. The van der Waals surface area contributed by atoms with Crippen molar-refractivity contribution >= 4 is 11.7 Å². The van der Waals surface area contributed by atoms with Gasteiger partial charge in [-0.25, -0.2) is 0 Å². The van der Waals surface area contributed by atoms with Crippen LogP contribution >= 0.6 is 0 Å². The van der Waals surface area contributed by atoms with Crippen LogP contribution < -0.4 is 10.2 Å². The fourth-order valence-corrected chi connectivity index (χ4v) is 2.38. The molecule has 0 bridgehead atoms. The molecular weight excluding hydrogens is 216 g/mol. The SMILES string of the molecule is C[C@@H]1C(CC(=O)O)NCCN1c1ccccc1. The summed E-state index contributed by atoms with van der Waals surface area (Å²) >= 11 is 0. The minimum absolute atomic E-state index is 0.0152. The number of nitrogens with one attached hydrogen (secondary N) is 1. The van der Waals surface area contributed by atoms with Gasteiger partial charge in [-0.05, 0) is 19.1 Å². The van der Waals surface area contributed by atoms with Gasteiger partial charge >= 0.3 is 5.97 Å². The number of piperazine rings is 1. The Morgan fingerprint density at radius 2 is 2.18 bits per heavy atom. The van der Waals surface area contributed by atoms with E-state index in [2.05, 4.69) is 29.3 Å². The van der Waals surface area contributed by atoms with Gasteiger partial charge in [0, 0.05) is 30.9 Å². The molecule has 0 aromatic heterocycles. The Kier molecular flexibility index (Phi) is 3.64. The van der Waals surface area contributed by atoms with Crippen LogP contribution in [0.5, 0.6) is 0 Å². The Morgan fingerprint density at radius 3 is 2.82 bits per heavy atom. The fourth-order valence-electron chi connectivity index (χ4n) is 2.38. The van der Waals surface area contributed by atoms with E-state index in [0.717, 1.165) is 18.8 Å². The Morgan fingerprint density at radius 1 is 1.47 bits per heavy atom. The van der Waals surface area contributed by atoms with E-state index in [1.165, 1.54) is 0 Å². The summed E-state index contributed by atoms with van der Waals surface area (Å²) in [6.45, 7) is 3.82. The molecule has 1 aliphatic heterocycles. The third kappa shape index (κ3) is 2.77. The van der Waals surface area contributed by atoms with E-state index in [0.29, 0.717) is 0 Å². The number of benzene rings is 1. The molecule has 1 unspecified atom stereocenters. The molecular formula is C13H18N2O2. The number of carboxylic acid groups (broad SMARTS) is 1. The lowest BCUT2D eigenvalue weighted by molar-refractivity contribution is -0.137. The third-order valence-corrected chi connectivity index (χ3v) is 3.32. The molecule has 1 heterocycles. The maximum absolute atomic E-state index is 10.8. The number of nitrogens with zero attached hydrogens (tertiary/aromatic N) is 1. The maximum atomic E-state index is 10.8. The summed E-state index contributed by atoms with van der Waals surface area (Å²) < 4.78 is 0. The second-order valence-corrected chi connectivity index (χ2v) is 4.43. The van der Waals surface area contributed by atoms with Crippen LogP contribution in [0.15, 0.2) is 30.3 Å². The average molecular weight is 234 g/mol. The van der Waals surface area contributed by atoms with E-state index in [-0.39, 0.29) is 18.5 Å². The van der Waals surface area contributed by atoms with Gasteiger partial charge in [0.05, 0.1) is 6.42 Å². The Labute approximate surface area is 101 Å². The van der Waals surface area contributed by atoms with Crippen LogP contribution in [0, 0.1) is 0 Å². The zero-order valence-corrected chi connectivity index (χ0v) is 9.97. The topological polar surface area (TPSA) is 52.6 Å². The predicted molar refractivity (Wildman–Crippen MR) is 67.3 cm³/mol. The molecule has 17 heavy (non-hydrogen) atoms. The van der Waals surface area contributed by atoms with Crippen LogP contribution in [0.1, 0.15) is 13.3 Å². The Bertz CT molecular complexity index is 380. The molecule has 2 rings (SSSR count). The number of hydrogen-bond acceptors (Lipinski definition) is 3. The number of rotatable bonds is 3. The number of anilines is 1. The van der Waals surface area contributed by atoms with Gasteiger partial charge in [-0.3, -0.25) is 4.79 Å². The van der Waals surface area contributed by atoms with Crippen LogP contribution in [0.4, 0.5) is 5.69 Å². The summed E-state index contributed by atoms with van der Waals surface area (Å²) in [5.41, 5.74) is 1.16. The van der Waals surface area contributed by atoms with Crippen LogP contribution in [0.2, 0.25) is 0 Å². The lowest BCUT2D eigenvalue weighted by Crippen LogP contribution is -2.57. The molecule has 0 radical (unpaired) electrons. The van der Waals surface area contributed by atoms with Gasteiger partial charge in [-0.1, -0.05) is 18.2 Å². The smallest absolute Gasteiger partial charge is 0.305 e. The summed E-state index contributed by atoms with van der Waals surface area (Å²) in [6.07, 6.45) is 0.171. The lowest BCUT2D eigenvalue weighted by atomic mass is 10.0. The minimum atomic E-state index is -0.746. The summed E-state index contributed by atoms with van der Waals surface area (Å²) in [5, 5.41) is 12.2. The highest BCUT2D eigenvalue weighted by atomic mass is 16.4. The van der Waals surface area contributed by atoms with E-state index in [1.54, 1.807) is 0 Å². The van der Waals surface area contributed by atoms with Gasteiger partial charge in [0.15, 0.2) is 0 Å². The monoisotopic (exact) mass is 234 g/mol. The van der Waals surface area contributed by atoms with Crippen LogP contribution in [-0.4, -0.2) is 36.2 Å². The van der Waals surface area contributed by atoms with Crippen molar-refractivity contribution in [2.45, 2.75) is 25.4 Å². The quantitative estimate of drug-likeness (QED) is 0.828. The number of carboxylic acids is 1. The number of carbonyl (C=O) groups is 1. The first-order valence-corrected chi connectivity index (χ1v) is 5.95. The third-order valence-electron chi connectivity index (χ3n) is 3.32. The first-order valence-electron chi connectivity index (χ1n) is 5.95. The van der Waals surface area contributed by atoms with Crippen LogP contribution in [0.25, 0.3) is 0 Å². The second-order valence-electron chi connectivity index (χ2n) is 4.43. The first-order chi connectivity index (χ1) is 8.18. The number of para-hydroxylation sites is 1. The van der Waals surface area contributed by atoms with Crippen molar-refractivity contribution in [1.29, 1.82) is 0 Å². The number of hydrogen-bond donors (Lipinski definition) is 2. The van der Waals surface area contributed by atoms with E-state index in [1.807, 2.05) is 18.2 Å². The van der Waals surface area contributed by atoms with Crippen LogP contribution in [0.3, 0.4) is 0 Å². The van der Waals surface area contributed by atoms with E-state index in [4.69, 9.17) is 5.11 Å². The van der Waals surface area contributed by atoms with Crippen molar-refractivity contribution in [3.8, 4) is 0 Å². The van der Waals surface area contributed by atoms with Gasteiger partial charge in [0.1, 0.15) is 0 Å². The van der Waals surface area contributed by atoms with Crippen molar-refractivity contribution in [1.82, 2.24) is 5.32 Å². The fraction of sp³-hybridized carbons (Fsp3) is 0.462. The molecule has 0 amide bonds. The maximum Gasteiger partial charge on any atom is 0.305 e. The highest BCUT2D eigenvalue weighted by molar-refractivity contribution is 5.68. The molecule has 1 saturated heterocycles. The zero-order chi connectivity index (χ0) is 12.3. The molecule has 0 aliphatic carbocycles. The molecule has 1 aromatic carbocycles. The molecule has 4 nitrogen and oxygen atoms in total. The van der Waals surface area contributed by atoms with Gasteiger partial charge in [-0.2, -0.15) is 0 Å². The Balaban J connectivity index is 2.11. The largest absolute Gasteiger partial charge is 0.481 e. The van der Waals surface area contributed by atoms with E-state index in [9.17, 15) is 4.79 Å². The number of aliphatic carboxylic acids is 1. The molecule has 2 atom stereocenters. The molecule has 1 fully saturated rings. The Hall–Kier alpha value is -1.55. The van der Waals surface area contributed by atoms with Gasteiger partial charge in [0.2, 0.25) is 0 Å². The van der Waals surface area contributed by atoms with Crippen molar-refractivity contribution in [3.05, 3.63) is 30.3 Å². The van der Waals surface area contributed by atoms with E-state index < -0.39 is 5.97 Å². The summed E-state index contributed by atoms with van der Waals surface area (Å²) in [6, 6.07) is 10.4. The standard InChI is InChI=1S/C13H18N2O2/c1-10-12(9-13(16)17)14-7-8-15(10)11-5-3-2-4-6-11/h2-6,10,12,14H,7-9H2,1H3,(H,16,17)/t10-,12?/m1/s1. The van der Waals surface area contributed by atoms with E-state index >= 15 is 0 Å². The molecule has 92 valence electrons. The summed E-state index contributed by atoms with van der Waals surface area (Å²) in [5.74, 6) is -0.746. The summed E-state index contributed by atoms with van der Waals surface area (Å²) in [7, 11) is 0. The van der Waals surface area contributed by atoms with Crippen molar-refractivity contribution in [2.24, 2.45) is 0 Å². The average Bonchev–Trinajstić information content (AvgIpc) is 2.32. The minimum Gasteiger partial charge on any atom is -0.481 e. The predicted octanol–water partition coefficient (Wildman–Crippen LogP) is 1.33. The molecule has 0 spiro atoms. The van der Waals surface area contributed by atoms with Gasteiger partial charge in [0.25, 0.3) is 0 Å². The molecule has 0 saturated carbocycles. The summed E-state index contributed by atoms with van der Waals surface area (Å²) in [4.78, 5) is 13.1. The van der Waals surface area contributed by atoms with Crippen LogP contribution in [-0.2, 0) is 4.79 Å². The molecule has 4 heteroatoms. The molecule has 1 aromatic rings. The highest BCUT2D eigenvalue weighted by Gasteiger charge is 2.29. The molecule has 2 N–H and O–H groups in total. The van der Waals surface area contributed by atoms with Crippen molar-refractivity contribution in [2.75, 3.05) is 18.0 Å². The normalized spacial score (nSPS) is 24.6. The molecule has 1 aliphatic rings. The first kappa shape index (κ1) is 11.9. The van der Waals surface area contributed by atoms with Crippen molar-refractivity contribution < 1.29 is 9.90 Å².